The monoisotopic (exact) mass is 690 g/mol. The molecule has 3 aliphatic carbocycles. The van der Waals surface area contributed by atoms with Crippen LogP contribution in [-0.2, 0) is 23.1 Å². The van der Waals surface area contributed by atoms with Crippen LogP contribution in [0.25, 0.3) is 38.8 Å². The first-order valence-electron chi connectivity index (χ1n) is 17.3. The average molecular weight is 691 g/mol. The summed E-state index contributed by atoms with van der Waals surface area (Å²) in [6.07, 6.45) is 10.8. The average Bonchev–Trinajstić information content (AvgIpc) is 3.67. The molecule has 0 bridgehead atoms. The molecule has 0 spiro atoms. The Hall–Kier alpha value is -6.39. The zero-order valence-corrected chi connectivity index (χ0v) is 28.1. The van der Waals surface area contributed by atoms with E-state index in [1.165, 1.54) is 24.3 Å². The lowest BCUT2D eigenvalue weighted by atomic mass is 9.67. The van der Waals surface area contributed by atoms with E-state index in [0.29, 0.717) is 24.8 Å². The van der Waals surface area contributed by atoms with Crippen molar-refractivity contribution in [2.75, 3.05) is 0 Å². The number of nitrogens with zero attached hydrogens (tertiary/aromatic N) is 6. The molecule has 0 fully saturated rings. The maximum atomic E-state index is 13.3. The van der Waals surface area contributed by atoms with Gasteiger partial charge in [-0.25, -0.2) is 18.1 Å². The number of halogens is 2. The second-order valence-electron chi connectivity index (χ2n) is 13.5. The van der Waals surface area contributed by atoms with E-state index in [0.717, 1.165) is 93.1 Å². The van der Waals surface area contributed by atoms with E-state index < -0.39 is 5.41 Å². The zero-order chi connectivity index (χ0) is 36.0. The molecule has 2 aromatic heterocycles. The van der Waals surface area contributed by atoms with Crippen molar-refractivity contribution < 1.29 is 18.7 Å². The molecule has 4 aromatic carbocycles. The third kappa shape index (κ3) is 5.63. The predicted octanol–water partition coefficient (Wildman–Crippen LogP) is 8.85. The molecule has 52 heavy (non-hydrogen) atoms. The molecule has 0 amide bonds. The number of allylic oxidation sites excluding steroid dienone is 4. The summed E-state index contributed by atoms with van der Waals surface area (Å²) < 4.78 is 30.0. The molecule has 0 saturated carbocycles. The topological polar surface area (TPSA) is 121 Å². The number of benzene rings is 4. The number of rotatable bonds is 2. The highest BCUT2D eigenvalue weighted by Gasteiger charge is 2.42. The number of aliphatic hydroxyl groups excluding tert-OH is 1. The molecule has 3 aliphatic rings. The fourth-order valence-corrected chi connectivity index (χ4v) is 7.82. The molecule has 1 unspecified atom stereocenters. The molecule has 1 atom stereocenters. The van der Waals surface area contributed by atoms with Gasteiger partial charge < -0.3 is 5.11 Å². The van der Waals surface area contributed by atoms with Crippen molar-refractivity contribution >= 4 is 33.2 Å². The van der Waals surface area contributed by atoms with Crippen molar-refractivity contribution in [3.8, 4) is 23.5 Å². The minimum absolute atomic E-state index is 0.120. The molecule has 0 aliphatic heterocycles. The summed E-state index contributed by atoms with van der Waals surface area (Å²) in [4.78, 5) is 12.0. The van der Waals surface area contributed by atoms with Gasteiger partial charge in [-0.05, 0) is 145 Å². The molecule has 1 N–H and O–H groups in total. The van der Waals surface area contributed by atoms with Gasteiger partial charge in [-0.15, -0.1) is 0 Å². The van der Waals surface area contributed by atoms with Gasteiger partial charge >= 0.3 is 0 Å². The highest BCUT2D eigenvalue weighted by molar-refractivity contribution is 5.93. The van der Waals surface area contributed by atoms with E-state index in [9.17, 15) is 29.2 Å². The summed E-state index contributed by atoms with van der Waals surface area (Å²) >= 11 is 0. The maximum absolute atomic E-state index is 13.3. The lowest BCUT2D eigenvalue weighted by molar-refractivity contribution is -0.115. The minimum Gasteiger partial charge on any atom is -0.511 e. The van der Waals surface area contributed by atoms with Crippen LogP contribution in [-0.4, -0.2) is 30.5 Å². The van der Waals surface area contributed by atoms with Gasteiger partial charge in [-0.1, -0.05) is 0 Å². The largest absolute Gasteiger partial charge is 0.511 e. The highest BCUT2D eigenvalue weighted by atomic mass is 19.1. The number of ketones is 1. The predicted molar refractivity (Wildman–Crippen MR) is 193 cm³/mol. The molecule has 0 saturated heterocycles. The number of aliphatic hydroxyl groups is 1. The Morgan fingerprint density at radius 3 is 1.92 bits per heavy atom. The molecule has 9 rings (SSSR count). The van der Waals surface area contributed by atoms with Gasteiger partial charge in [0.25, 0.3) is 0 Å². The number of carbonyl (C=O) groups is 1. The Morgan fingerprint density at radius 1 is 0.731 bits per heavy atom. The van der Waals surface area contributed by atoms with Gasteiger partial charge in [-0.3, -0.25) is 4.79 Å². The normalized spacial score (nSPS) is 18.2. The second-order valence-corrected chi connectivity index (χ2v) is 13.5. The lowest BCUT2D eigenvalue weighted by Gasteiger charge is -2.32. The van der Waals surface area contributed by atoms with Crippen molar-refractivity contribution in [2.45, 2.75) is 56.8 Å². The van der Waals surface area contributed by atoms with Crippen LogP contribution in [0.3, 0.4) is 0 Å². The summed E-state index contributed by atoms with van der Waals surface area (Å²) in [5, 5.41) is 40.3. The summed E-state index contributed by atoms with van der Waals surface area (Å²) in [7, 11) is 0. The number of aryl methyl sites for hydroxylation is 2. The van der Waals surface area contributed by atoms with E-state index in [1.807, 2.05) is 12.1 Å². The number of carbonyl (C=O) groups excluding carboxylic acids is 1. The van der Waals surface area contributed by atoms with E-state index in [2.05, 4.69) is 34.5 Å². The molecule has 2 heterocycles. The van der Waals surface area contributed by atoms with Crippen LogP contribution in [0, 0.1) is 34.3 Å². The lowest BCUT2D eigenvalue weighted by Crippen LogP contribution is -2.31. The van der Waals surface area contributed by atoms with Gasteiger partial charge in [0.2, 0.25) is 0 Å². The Kier molecular flexibility index (Phi) is 8.23. The quantitative estimate of drug-likeness (QED) is 0.194. The van der Waals surface area contributed by atoms with Crippen LogP contribution in [0.1, 0.15) is 60.8 Å². The number of hydrogen-bond donors (Lipinski definition) is 1. The molecule has 6 aromatic rings. The standard InChI is InChI=1S/C23H18FN3O.C19H14FN3O/c24-18-4-6-19(7-5-18)27-22-11-15-2-1-3-17-12-20(28)8-9-23(17,14-25)21(15)10-16(22)13-26-27;20-14-4-6-15(7-5-14)23-18-9-12-2-1-3-19(24)17(10-21)16(12)8-13(18)11-22-23/h4-7,10-13H,1-3,8-9H2;4-9,11,24H,1-3H2. The van der Waals surface area contributed by atoms with Crippen molar-refractivity contribution in [1.29, 1.82) is 10.5 Å². The third-order valence-electron chi connectivity index (χ3n) is 10.4. The Morgan fingerprint density at radius 2 is 1.31 bits per heavy atom. The molecule has 0 radical (unpaired) electrons. The smallest absolute Gasteiger partial charge is 0.155 e. The van der Waals surface area contributed by atoms with E-state index in [1.54, 1.807) is 52.1 Å². The number of fused-ring (bicyclic) bond motifs is 6. The highest BCUT2D eigenvalue weighted by Crippen LogP contribution is 2.46. The zero-order valence-electron chi connectivity index (χ0n) is 28.1. The van der Waals surface area contributed by atoms with Crippen molar-refractivity contribution in [1.82, 2.24) is 19.6 Å². The van der Waals surface area contributed by atoms with Gasteiger partial charge in [0.1, 0.15) is 28.9 Å². The molecular formula is C42H32F2N6O2. The SMILES string of the molecule is N#CC12CCC(=O)C=C1CCCc1cc3c(cnn3-c3ccc(F)cc3)cc12.N#CC1=C(O)CCCc2cc3c(cnn3-c3ccc(F)cc3)cc21. The number of hydrogen-bond acceptors (Lipinski definition) is 6. The first kappa shape index (κ1) is 32.8. The summed E-state index contributed by atoms with van der Waals surface area (Å²) in [6.45, 7) is 0. The first-order valence-corrected chi connectivity index (χ1v) is 17.3. The van der Waals surface area contributed by atoms with Crippen LogP contribution in [0.4, 0.5) is 8.78 Å². The maximum Gasteiger partial charge on any atom is 0.155 e. The first-order chi connectivity index (χ1) is 25.3. The summed E-state index contributed by atoms with van der Waals surface area (Å²) in [5.41, 5.74) is 7.94. The van der Waals surface area contributed by atoms with Crippen molar-refractivity contribution in [2.24, 2.45) is 0 Å². The third-order valence-corrected chi connectivity index (χ3v) is 10.4. The molecule has 256 valence electrons. The fourth-order valence-electron chi connectivity index (χ4n) is 7.82. The number of nitriles is 2. The van der Waals surface area contributed by atoms with E-state index >= 15 is 0 Å². The molecule has 8 nitrogen and oxygen atoms in total. The summed E-state index contributed by atoms with van der Waals surface area (Å²) in [5.74, 6) is -0.296. The minimum atomic E-state index is -0.716. The number of aromatic nitrogens is 4. The molecular weight excluding hydrogens is 658 g/mol. The van der Waals surface area contributed by atoms with E-state index in [4.69, 9.17) is 0 Å². The van der Waals surface area contributed by atoms with Crippen molar-refractivity contribution in [3.05, 3.63) is 136 Å². The van der Waals surface area contributed by atoms with Gasteiger partial charge in [0, 0.05) is 23.6 Å². The van der Waals surface area contributed by atoms with Crippen LogP contribution < -0.4 is 0 Å². The van der Waals surface area contributed by atoms with Gasteiger partial charge in [0.15, 0.2) is 5.78 Å². The van der Waals surface area contributed by atoms with Crippen LogP contribution in [0.15, 0.2) is 103 Å². The summed E-state index contributed by atoms with van der Waals surface area (Å²) in [6, 6.07) is 25.2. The van der Waals surface area contributed by atoms with Crippen LogP contribution >= 0.6 is 0 Å². The van der Waals surface area contributed by atoms with Gasteiger partial charge in [0.05, 0.1) is 46.4 Å². The van der Waals surface area contributed by atoms with Crippen LogP contribution in [0.5, 0.6) is 0 Å². The Labute approximate surface area is 298 Å². The van der Waals surface area contributed by atoms with Crippen molar-refractivity contribution in [3.63, 3.8) is 0 Å². The fraction of sp³-hybridized carbons (Fsp3) is 0.214. The Bertz CT molecular complexity index is 2550. The molecule has 10 heteroatoms. The van der Waals surface area contributed by atoms with Gasteiger partial charge in [-0.2, -0.15) is 20.7 Å². The van der Waals surface area contributed by atoms with Crippen LogP contribution in [0.2, 0.25) is 0 Å². The second kappa shape index (κ2) is 13.1. The van der Waals surface area contributed by atoms with E-state index in [-0.39, 0.29) is 23.2 Å². The Balaban J connectivity index is 0.000000151.